The molecule has 2 aromatic rings. The molecule has 20 heavy (non-hydrogen) atoms. The zero-order valence-corrected chi connectivity index (χ0v) is 11.9. The summed E-state index contributed by atoms with van der Waals surface area (Å²) in [6.45, 7) is 5.55. The van der Waals surface area contributed by atoms with Crippen LogP contribution in [0.1, 0.15) is 24.1 Å². The molecular weight excluding hydrogens is 253 g/mol. The third kappa shape index (κ3) is 3.81. The molecule has 0 saturated heterocycles. The van der Waals surface area contributed by atoms with Crippen LogP contribution in [0.2, 0.25) is 0 Å². The minimum absolute atomic E-state index is 0.131. The van der Waals surface area contributed by atoms with Crippen LogP contribution in [0.25, 0.3) is 0 Å². The van der Waals surface area contributed by atoms with Gasteiger partial charge in [0.25, 0.3) is 0 Å². The van der Waals surface area contributed by atoms with Gasteiger partial charge in [0.15, 0.2) is 0 Å². The van der Waals surface area contributed by atoms with E-state index in [1.54, 1.807) is 12.1 Å². The van der Waals surface area contributed by atoms with Crippen molar-refractivity contribution in [1.29, 1.82) is 0 Å². The lowest BCUT2D eigenvalue weighted by Gasteiger charge is -2.20. The highest BCUT2D eigenvalue weighted by Gasteiger charge is 2.13. The molecule has 2 rings (SSSR count). The zero-order chi connectivity index (χ0) is 14.4. The van der Waals surface area contributed by atoms with Crippen molar-refractivity contribution in [1.82, 2.24) is 5.32 Å². The van der Waals surface area contributed by atoms with Crippen molar-refractivity contribution >= 4 is 0 Å². The van der Waals surface area contributed by atoms with E-state index in [9.17, 15) is 4.39 Å². The van der Waals surface area contributed by atoms with Crippen LogP contribution in [-0.2, 0) is 0 Å². The van der Waals surface area contributed by atoms with E-state index in [-0.39, 0.29) is 11.9 Å². The van der Waals surface area contributed by atoms with Crippen LogP contribution in [-0.4, -0.2) is 13.2 Å². The van der Waals surface area contributed by atoms with Crippen molar-refractivity contribution in [3.63, 3.8) is 0 Å². The van der Waals surface area contributed by atoms with Gasteiger partial charge in [-0.1, -0.05) is 31.2 Å². The normalized spacial score (nSPS) is 12.2. The van der Waals surface area contributed by atoms with Gasteiger partial charge in [0.2, 0.25) is 0 Å². The first-order valence-electron chi connectivity index (χ1n) is 6.88. The number of hydrogen-bond donors (Lipinski definition) is 1. The minimum atomic E-state index is -0.250. The molecular formula is C17H20FNO. The Morgan fingerprint density at radius 2 is 1.80 bits per heavy atom. The fourth-order valence-electron chi connectivity index (χ4n) is 2.19. The molecule has 0 spiro atoms. The van der Waals surface area contributed by atoms with E-state index in [0.29, 0.717) is 12.4 Å². The molecule has 3 heteroatoms. The van der Waals surface area contributed by atoms with Crippen molar-refractivity contribution in [3.05, 3.63) is 65.5 Å². The number of aryl methyl sites for hydroxylation is 1. The van der Waals surface area contributed by atoms with Crippen LogP contribution >= 0.6 is 0 Å². The molecule has 0 aliphatic carbocycles. The van der Waals surface area contributed by atoms with E-state index < -0.39 is 0 Å². The molecule has 0 aliphatic heterocycles. The maximum absolute atomic E-state index is 12.9. The van der Waals surface area contributed by atoms with Gasteiger partial charge in [-0.15, -0.1) is 0 Å². The average Bonchev–Trinajstić information content (AvgIpc) is 2.46. The monoisotopic (exact) mass is 273 g/mol. The van der Waals surface area contributed by atoms with Crippen LogP contribution < -0.4 is 10.1 Å². The Balaban J connectivity index is 2.06. The Hall–Kier alpha value is -1.87. The predicted octanol–water partition coefficient (Wildman–Crippen LogP) is 3.86. The maximum atomic E-state index is 12.9. The van der Waals surface area contributed by atoms with Gasteiger partial charge in [0, 0.05) is 0 Å². The number of hydrogen-bond acceptors (Lipinski definition) is 2. The number of likely N-dealkylation sites (N-methyl/N-ethyl adjacent to an activating group) is 1. The summed E-state index contributed by atoms with van der Waals surface area (Å²) in [4.78, 5) is 0. The molecule has 0 amide bonds. The van der Waals surface area contributed by atoms with E-state index in [0.717, 1.165) is 6.54 Å². The van der Waals surface area contributed by atoms with Gasteiger partial charge in [-0.25, -0.2) is 4.39 Å². The van der Waals surface area contributed by atoms with E-state index >= 15 is 0 Å². The number of benzene rings is 2. The molecule has 106 valence electrons. The van der Waals surface area contributed by atoms with Crippen molar-refractivity contribution in [2.45, 2.75) is 19.9 Å². The molecule has 2 aromatic carbocycles. The van der Waals surface area contributed by atoms with Crippen LogP contribution in [0.15, 0.2) is 48.5 Å². The highest BCUT2D eigenvalue weighted by Crippen LogP contribution is 2.19. The molecule has 0 aliphatic rings. The Bertz CT molecular complexity index is 539. The van der Waals surface area contributed by atoms with Crippen molar-refractivity contribution in [3.8, 4) is 5.75 Å². The fourth-order valence-corrected chi connectivity index (χ4v) is 2.19. The van der Waals surface area contributed by atoms with Gasteiger partial charge in [-0.3, -0.25) is 0 Å². The average molecular weight is 273 g/mol. The number of halogens is 1. The lowest BCUT2D eigenvalue weighted by atomic mass is 10.0. The smallest absolute Gasteiger partial charge is 0.123 e. The summed E-state index contributed by atoms with van der Waals surface area (Å²) in [5.41, 5.74) is 2.47. The van der Waals surface area contributed by atoms with Crippen LogP contribution in [0.4, 0.5) is 4.39 Å². The van der Waals surface area contributed by atoms with Crippen molar-refractivity contribution in [2.75, 3.05) is 13.2 Å². The standard InChI is InChI=1S/C17H20FNO/c1-3-19-17(16-7-5-4-6-13(16)2)12-20-15-10-8-14(18)9-11-15/h4-11,17,19H,3,12H2,1-2H3. The molecule has 1 unspecified atom stereocenters. The second-order valence-corrected chi connectivity index (χ2v) is 4.73. The quantitative estimate of drug-likeness (QED) is 0.862. The van der Waals surface area contributed by atoms with Gasteiger partial charge in [0.1, 0.15) is 18.2 Å². The highest BCUT2D eigenvalue weighted by atomic mass is 19.1. The molecule has 0 fully saturated rings. The maximum Gasteiger partial charge on any atom is 0.123 e. The third-order valence-electron chi connectivity index (χ3n) is 3.24. The molecule has 2 nitrogen and oxygen atoms in total. The lowest BCUT2D eigenvalue weighted by Crippen LogP contribution is -2.27. The van der Waals surface area contributed by atoms with E-state index in [1.165, 1.54) is 23.3 Å². The predicted molar refractivity (Wildman–Crippen MR) is 79.5 cm³/mol. The fraction of sp³-hybridized carbons (Fsp3) is 0.294. The van der Waals surface area contributed by atoms with Gasteiger partial charge < -0.3 is 10.1 Å². The second kappa shape index (κ2) is 7.06. The van der Waals surface area contributed by atoms with Gasteiger partial charge in [0.05, 0.1) is 6.04 Å². The zero-order valence-electron chi connectivity index (χ0n) is 11.9. The SMILES string of the molecule is CCNC(COc1ccc(F)cc1)c1ccccc1C. The summed E-state index contributed by atoms with van der Waals surface area (Å²) < 4.78 is 18.6. The summed E-state index contributed by atoms with van der Waals surface area (Å²) in [5, 5.41) is 3.42. The second-order valence-electron chi connectivity index (χ2n) is 4.73. The van der Waals surface area contributed by atoms with Crippen LogP contribution in [0.5, 0.6) is 5.75 Å². The first-order chi connectivity index (χ1) is 9.70. The summed E-state index contributed by atoms with van der Waals surface area (Å²) in [6.07, 6.45) is 0. The largest absolute Gasteiger partial charge is 0.492 e. The molecule has 1 N–H and O–H groups in total. The highest BCUT2D eigenvalue weighted by molar-refractivity contribution is 5.29. The molecule has 0 radical (unpaired) electrons. The minimum Gasteiger partial charge on any atom is -0.492 e. The van der Waals surface area contributed by atoms with E-state index in [1.807, 2.05) is 12.1 Å². The number of nitrogens with one attached hydrogen (secondary N) is 1. The number of rotatable bonds is 6. The number of ether oxygens (including phenoxy) is 1. The summed E-state index contributed by atoms with van der Waals surface area (Å²) in [6, 6.07) is 14.5. The van der Waals surface area contributed by atoms with Gasteiger partial charge in [-0.2, -0.15) is 0 Å². The Kier molecular flexibility index (Phi) is 5.13. The third-order valence-corrected chi connectivity index (χ3v) is 3.24. The Morgan fingerprint density at radius 3 is 2.45 bits per heavy atom. The summed E-state index contributed by atoms with van der Waals surface area (Å²) >= 11 is 0. The van der Waals surface area contributed by atoms with E-state index in [2.05, 4.69) is 31.3 Å². The van der Waals surface area contributed by atoms with Crippen molar-refractivity contribution in [2.24, 2.45) is 0 Å². The first-order valence-corrected chi connectivity index (χ1v) is 6.88. The topological polar surface area (TPSA) is 21.3 Å². The Labute approximate surface area is 119 Å². The summed E-state index contributed by atoms with van der Waals surface area (Å²) in [7, 11) is 0. The lowest BCUT2D eigenvalue weighted by molar-refractivity contribution is 0.267. The molecule has 1 atom stereocenters. The van der Waals surface area contributed by atoms with Crippen LogP contribution in [0.3, 0.4) is 0 Å². The van der Waals surface area contributed by atoms with Gasteiger partial charge >= 0.3 is 0 Å². The molecule has 0 bridgehead atoms. The molecule has 0 heterocycles. The Morgan fingerprint density at radius 1 is 1.10 bits per heavy atom. The molecule has 0 saturated carbocycles. The summed E-state index contributed by atoms with van der Waals surface area (Å²) in [5.74, 6) is 0.433. The first kappa shape index (κ1) is 14.5. The molecule has 0 aromatic heterocycles. The van der Waals surface area contributed by atoms with Crippen molar-refractivity contribution < 1.29 is 9.13 Å². The van der Waals surface area contributed by atoms with Gasteiger partial charge in [-0.05, 0) is 48.9 Å². The van der Waals surface area contributed by atoms with Crippen LogP contribution in [0, 0.1) is 12.7 Å². The van der Waals surface area contributed by atoms with E-state index in [4.69, 9.17) is 4.74 Å².